The number of hydrogen-bond donors (Lipinski definition) is 0. The number of nitrogens with zero attached hydrogens (tertiary/aromatic N) is 3. The summed E-state index contributed by atoms with van der Waals surface area (Å²) in [4.78, 5) is 19.8. The van der Waals surface area contributed by atoms with Crippen molar-refractivity contribution in [3.8, 4) is 17.2 Å². The third kappa shape index (κ3) is 3.47. The number of methoxy groups -OCH3 is 1. The zero-order valence-corrected chi connectivity index (χ0v) is 17.1. The van der Waals surface area contributed by atoms with E-state index in [1.54, 1.807) is 7.11 Å². The zero-order chi connectivity index (χ0) is 20.6. The van der Waals surface area contributed by atoms with E-state index >= 15 is 0 Å². The Kier molecular flexibility index (Phi) is 4.77. The molecule has 2 aliphatic rings. The number of carbonyl (C=O) groups is 1. The molecule has 0 bridgehead atoms. The predicted octanol–water partition coefficient (Wildman–Crippen LogP) is 3.87. The van der Waals surface area contributed by atoms with Gasteiger partial charge in [0, 0.05) is 25.1 Å². The predicted molar refractivity (Wildman–Crippen MR) is 112 cm³/mol. The standard InChI is InChI=1S/C24H25N3O3/c1-29-20-9-7-18(8-10-20)22-25-21(26-30-22)15-17-11-14-27(16-17)23(28)24(12-13-24)19-5-3-2-4-6-19/h2-10,17H,11-16H2,1H3. The van der Waals surface area contributed by atoms with Gasteiger partial charge in [0.05, 0.1) is 12.5 Å². The van der Waals surface area contributed by atoms with E-state index < -0.39 is 0 Å². The zero-order valence-electron chi connectivity index (χ0n) is 17.1. The quantitative estimate of drug-likeness (QED) is 0.625. The summed E-state index contributed by atoms with van der Waals surface area (Å²) in [5, 5.41) is 4.16. The maximum Gasteiger partial charge on any atom is 0.257 e. The highest BCUT2D eigenvalue weighted by atomic mass is 16.5. The summed E-state index contributed by atoms with van der Waals surface area (Å²) in [6, 6.07) is 17.8. The lowest BCUT2D eigenvalue weighted by Gasteiger charge is -2.23. The van der Waals surface area contributed by atoms with E-state index in [0.717, 1.165) is 55.6 Å². The first kappa shape index (κ1) is 18.9. The molecule has 5 rings (SSSR count). The molecule has 6 heteroatoms. The van der Waals surface area contributed by atoms with Gasteiger partial charge in [0.15, 0.2) is 5.82 Å². The highest BCUT2D eigenvalue weighted by Crippen LogP contribution is 2.50. The van der Waals surface area contributed by atoms with Crippen LogP contribution < -0.4 is 4.74 Å². The highest BCUT2D eigenvalue weighted by Gasteiger charge is 2.53. The molecular formula is C24H25N3O3. The van der Waals surface area contributed by atoms with Crippen LogP contribution in [0.4, 0.5) is 0 Å². The smallest absolute Gasteiger partial charge is 0.257 e. The van der Waals surface area contributed by atoms with Crippen molar-refractivity contribution in [3.05, 3.63) is 66.0 Å². The van der Waals surface area contributed by atoms with Gasteiger partial charge in [-0.15, -0.1) is 0 Å². The molecule has 30 heavy (non-hydrogen) atoms. The first-order valence-corrected chi connectivity index (χ1v) is 10.5. The fourth-order valence-electron chi connectivity index (χ4n) is 4.44. The van der Waals surface area contributed by atoms with Crippen molar-refractivity contribution >= 4 is 5.91 Å². The summed E-state index contributed by atoms with van der Waals surface area (Å²) in [7, 11) is 1.64. The Labute approximate surface area is 175 Å². The molecule has 6 nitrogen and oxygen atoms in total. The minimum absolute atomic E-state index is 0.281. The van der Waals surface area contributed by atoms with E-state index in [0.29, 0.717) is 17.6 Å². The second-order valence-electron chi connectivity index (χ2n) is 8.30. The van der Waals surface area contributed by atoms with Crippen molar-refractivity contribution in [1.29, 1.82) is 0 Å². The Morgan fingerprint density at radius 1 is 1.17 bits per heavy atom. The van der Waals surface area contributed by atoms with E-state index in [2.05, 4.69) is 22.3 Å². The van der Waals surface area contributed by atoms with Gasteiger partial charge >= 0.3 is 0 Å². The van der Waals surface area contributed by atoms with Gasteiger partial charge in [-0.3, -0.25) is 4.79 Å². The molecule has 1 saturated carbocycles. The van der Waals surface area contributed by atoms with Gasteiger partial charge in [0.25, 0.3) is 5.89 Å². The Bertz CT molecular complexity index is 1030. The monoisotopic (exact) mass is 403 g/mol. The van der Waals surface area contributed by atoms with Crippen molar-refractivity contribution in [3.63, 3.8) is 0 Å². The second-order valence-corrected chi connectivity index (χ2v) is 8.30. The van der Waals surface area contributed by atoms with Crippen molar-refractivity contribution in [2.75, 3.05) is 20.2 Å². The first-order chi connectivity index (χ1) is 14.7. The van der Waals surface area contributed by atoms with Gasteiger partial charge in [-0.25, -0.2) is 0 Å². The average molecular weight is 403 g/mol. The summed E-state index contributed by atoms with van der Waals surface area (Å²) < 4.78 is 10.6. The molecule has 0 radical (unpaired) electrons. The number of ether oxygens (including phenoxy) is 1. The van der Waals surface area contributed by atoms with Crippen molar-refractivity contribution in [1.82, 2.24) is 15.0 Å². The number of amides is 1. The van der Waals surface area contributed by atoms with Crippen LogP contribution in [0.1, 0.15) is 30.7 Å². The maximum atomic E-state index is 13.2. The third-order valence-corrected chi connectivity index (χ3v) is 6.34. The molecule has 1 unspecified atom stereocenters. The lowest BCUT2D eigenvalue weighted by Crippen LogP contribution is -2.38. The topological polar surface area (TPSA) is 68.5 Å². The molecule has 1 aliphatic heterocycles. The van der Waals surface area contributed by atoms with E-state index in [1.807, 2.05) is 47.4 Å². The fourth-order valence-corrected chi connectivity index (χ4v) is 4.44. The van der Waals surface area contributed by atoms with Crippen LogP contribution in [0, 0.1) is 5.92 Å². The van der Waals surface area contributed by atoms with Crippen molar-refractivity contribution in [2.24, 2.45) is 5.92 Å². The molecule has 1 aliphatic carbocycles. The second kappa shape index (κ2) is 7.59. The summed E-state index contributed by atoms with van der Waals surface area (Å²) in [6.07, 6.45) is 3.60. The Hall–Kier alpha value is -3.15. The fraction of sp³-hybridized carbons (Fsp3) is 0.375. The number of carbonyl (C=O) groups excluding carboxylic acids is 1. The maximum absolute atomic E-state index is 13.2. The van der Waals surface area contributed by atoms with Crippen LogP contribution in [0.25, 0.3) is 11.5 Å². The number of hydrogen-bond acceptors (Lipinski definition) is 5. The molecule has 2 heterocycles. The molecule has 1 atom stereocenters. The highest BCUT2D eigenvalue weighted by molar-refractivity contribution is 5.91. The number of likely N-dealkylation sites (tertiary alicyclic amines) is 1. The molecule has 0 spiro atoms. The number of benzene rings is 2. The van der Waals surface area contributed by atoms with Crippen LogP contribution in [0.15, 0.2) is 59.1 Å². The molecule has 1 saturated heterocycles. The van der Waals surface area contributed by atoms with Crippen LogP contribution in [0.3, 0.4) is 0 Å². The van der Waals surface area contributed by atoms with Gasteiger partial charge in [-0.1, -0.05) is 35.5 Å². The molecule has 1 aromatic heterocycles. The van der Waals surface area contributed by atoms with Crippen LogP contribution in [-0.4, -0.2) is 41.1 Å². The molecular weight excluding hydrogens is 378 g/mol. The minimum atomic E-state index is -0.288. The molecule has 3 aromatic rings. The van der Waals surface area contributed by atoms with Crippen LogP contribution >= 0.6 is 0 Å². The molecule has 154 valence electrons. The van der Waals surface area contributed by atoms with Gasteiger partial charge in [-0.2, -0.15) is 4.98 Å². The Morgan fingerprint density at radius 3 is 2.63 bits per heavy atom. The normalized spacial score (nSPS) is 19.6. The lowest BCUT2D eigenvalue weighted by molar-refractivity contribution is -0.133. The van der Waals surface area contributed by atoms with Crippen LogP contribution in [-0.2, 0) is 16.6 Å². The lowest BCUT2D eigenvalue weighted by atomic mass is 9.94. The summed E-state index contributed by atoms with van der Waals surface area (Å²) in [5.74, 6) is 2.65. The van der Waals surface area contributed by atoms with Gasteiger partial charge in [0.2, 0.25) is 5.91 Å². The van der Waals surface area contributed by atoms with E-state index in [-0.39, 0.29) is 11.3 Å². The number of aromatic nitrogens is 2. The van der Waals surface area contributed by atoms with Gasteiger partial charge < -0.3 is 14.2 Å². The Balaban J connectivity index is 1.22. The van der Waals surface area contributed by atoms with Crippen molar-refractivity contribution < 1.29 is 14.1 Å². The largest absolute Gasteiger partial charge is 0.497 e. The van der Waals surface area contributed by atoms with Crippen molar-refractivity contribution in [2.45, 2.75) is 31.1 Å². The first-order valence-electron chi connectivity index (χ1n) is 10.5. The number of rotatable bonds is 6. The molecule has 2 fully saturated rings. The summed E-state index contributed by atoms with van der Waals surface area (Å²) in [5.41, 5.74) is 1.74. The van der Waals surface area contributed by atoms with Crippen LogP contribution in [0.5, 0.6) is 5.75 Å². The average Bonchev–Trinajstić information content (AvgIpc) is 3.25. The molecule has 1 amide bonds. The van der Waals surface area contributed by atoms with Crippen LogP contribution in [0.2, 0.25) is 0 Å². The summed E-state index contributed by atoms with van der Waals surface area (Å²) >= 11 is 0. The van der Waals surface area contributed by atoms with E-state index in [1.165, 1.54) is 0 Å². The van der Waals surface area contributed by atoms with Gasteiger partial charge in [-0.05, 0) is 55.0 Å². The van der Waals surface area contributed by atoms with E-state index in [9.17, 15) is 4.79 Å². The SMILES string of the molecule is COc1ccc(-c2nc(CC3CCN(C(=O)C4(c5ccccc5)CC4)C3)no2)cc1. The summed E-state index contributed by atoms with van der Waals surface area (Å²) in [6.45, 7) is 1.57. The molecule has 2 aromatic carbocycles. The third-order valence-electron chi connectivity index (χ3n) is 6.34. The van der Waals surface area contributed by atoms with Gasteiger partial charge in [0.1, 0.15) is 5.75 Å². The molecule has 0 N–H and O–H groups in total. The minimum Gasteiger partial charge on any atom is -0.497 e. The Morgan fingerprint density at radius 2 is 1.93 bits per heavy atom. The van der Waals surface area contributed by atoms with E-state index in [4.69, 9.17) is 9.26 Å².